The zero-order chi connectivity index (χ0) is 10.3. The predicted molar refractivity (Wildman–Crippen MR) is 57.0 cm³/mol. The minimum absolute atomic E-state index is 0.181. The molecule has 0 aliphatic rings. The van der Waals surface area contributed by atoms with Crippen molar-refractivity contribution in [2.45, 2.75) is 45.4 Å². The van der Waals surface area contributed by atoms with Gasteiger partial charge in [-0.05, 0) is 32.4 Å². The second-order valence-electron chi connectivity index (χ2n) is 3.18. The Morgan fingerprint density at radius 3 is 1.92 bits per heavy atom. The van der Waals surface area contributed by atoms with Crippen molar-refractivity contribution in [3.63, 3.8) is 0 Å². The molecule has 0 aromatic carbocycles. The van der Waals surface area contributed by atoms with Gasteiger partial charge in [0, 0.05) is 0 Å². The Bertz CT molecular complexity index is 147. The summed E-state index contributed by atoms with van der Waals surface area (Å²) in [6, 6.07) is 0. The molecule has 0 spiro atoms. The molecule has 0 aromatic rings. The van der Waals surface area contributed by atoms with Gasteiger partial charge in [-0.25, -0.2) is 4.21 Å². The van der Waals surface area contributed by atoms with E-state index in [0.717, 1.165) is 32.4 Å². The van der Waals surface area contributed by atoms with Crippen molar-refractivity contribution in [2.24, 2.45) is 0 Å². The highest BCUT2D eigenvalue weighted by atomic mass is 32.2. The summed E-state index contributed by atoms with van der Waals surface area (Å²) in [6.45, 7) is 7.97. The fraction of sp³-hybridized carbons (Fsp3) is 1.00. The van der Waals surface area contributed by atoms with Crippen LogP contribution in [0.25, 0.3) is 0 Å². The van der Waals surface area contributed by atoms with Crippen molar-refractivity contribution < 1.29 is 8.76 Å². The van der Waals surface area contributed by atoms with Crippen LogP contribution in [-0.4, -0.2) is 32.1 Å². The maximum Gasteiger partial charge on any atom is 0.170 e. The number of nitrogens with zero attached hydrogens (tertiary/aromatic N) is 1. The SMILES string of the molecule is CCCN(CCC)C(CC)S(=O)O. The Balaban J connectivity index is 4.20. The van der Waals surface area contributed by atoms with E-state index in [2.05, 4.69) is 18.7 Å². The minimum atomic E-state index is -1.71. The van der Waals surface area contributed by atoms with Crippen molar-refractivity contribution in [1.29, 1.82) is 0 Å². The second-order valence-corrected chi connectivity index (χ2v) is 4.27. The summed E-state index contributed by atoms with van der Waals surface area (Å²) in [5, 5.41) is -0.181. The second kappa shape index (κ2) is 7.47. The molecule has 0 heterocycles. The molecule has 0 amide bonds. The van der Waals surface area contributed by atoms with Gasteiger partial charge in [0.2, 0.25) is 0 Å². The average molecular weight is 207 g/mol. The van der Waals surface area contributed by atoms with Gasteiger partial charge in [0.05, 0.1) is 0 Å². The third-order valence-corrected chi connectivity index (χ3v) is 3.11. The van der Waals surface area contributed by atoms with Crippen molar-refractivity contribution in [1.82, 2.24) is 4.90 Å². The lowest BCUT2D eigenvalue weighted by atomic mass is 10.3. The molecule has 2 unspecified atom stereocenters. The molecule has 0 aliphatic heterocycles. The smallest absolute Gasteiger partial charge is 0.170 e. The van der Waals surface area contributed by atoms with Crippen molar-refractivity contribution in [3.05, 3.63) is 0 Å². The van der Waals surface area contributed by atoms with E-state index in [1.54, 1.807) is 0 Å². The van der Waals surface area contributed by atoms with Gasteiger partial charge in [-0.3, -0.25) is 4.90 Å². The zero-order valence-electron chi connectivity index (χ0n) is 8.82. The molecule has 0 fully saturated rings. The summed E-state index contributed by atoms with van der Waals surface area (Å²) in [7, 11) is 0. The van der Waals surface area contributed by atoms with Crippen LogP contribution in [0.4, 0.5) is 0 Å². The molecule has 0 saturated heterocycles. The number of hydrogen-bond acceptors (Lipinski definition) is 2. The van der Waals surface area contributed by atoms with Crippen LogP contribution in [0.1, 0.15) is 40.0 Å². The Labute approximate surface area is 83.8 Å². The van der Waals surface area contributed by atoms with Crippen molar-refractivity contribution in [3.8, 4) is 0 Å². The standard InChI is InChI=1S/C9H21NO2S/c1-4-7-10(8-5-2)9(6-3)13(11)12/h9H,4-8H2,1-3H3,(H,11,12). The van der Waals surface area contributed by atoms with Gasteiger partial charge in [0.15, 0.2) is 11.1 Å². The van der Waals surface area contributed by atoms with E-state index in [0.29, 0.717) is 0 Å². The molecular formula is C9H21NO2S. The Kier molecular flexibility index (Phi) is 7.51. The van der Waals surface area contributed by atoms with Crippen molar-refractivity contribution in [2.75, 3.05) is 13.1 Å². The molecule has 0 aromatic heterocycles. The molecule has 1 N–H and O–H groups in total. The number of rotatable bonds is 7. The lowest BCUT2D eigenvalue weighted by Crippen LogP contribution is -2.38. The van der Waals surface area contributed by atoms with E-state index in [9.17, 15) is 4.21 Å². The lowest BCUT2D eigenvalue weighted by Gasteiger charge is -2.27. The first-order valence-electron chi connectivity index (χ1n) is 5.01. The van der Waals surface area contributed by atoms with Crippen LogP contribution in [0.3, 0.4) is 0 Å². The summed E-state index contributed by atoms with van der Waals surface area (Å²) in [4.78, 5) is 2.11. The normalized spacial score (nSPS) is 16.1. The van der Waals surface area contributed by atoms with Gasteiger partial charge in [-0.2, -0.15) is 0 Å². The van der Waals surface area contributed by atoms with E-state index >= 15 is 0 Å². The van der Waals surface area contributed by atoms with E-state index < -0.39 is 11.1 Å². The van der Waals surface area contributed by atoms with Crippen molar-refractivity contribution >= 4 is 11.1 Å². The third kappa shape index (κ3) is 4.74. The van der Waals surface area contributed by atoms with Crippen LogP contribution in [0.2, 0.25) is 0 Å². The van der Waals surface area contributed by atoms with E-state index in [1.165, 1.54) is 0 Å². The highest BCUT2D eigenvalue weighted by molar-refractivity contribution is 7.79. The van der Waals surface area contributed by atoms with Crippen LogP contribution in [-0.2, 0) is 11.1 Å². The molecule has 0 rings (SSSR count). The maximum absolute atomic E-state index is 11.0. The molecular weight excluding hydrogens is 186 g/mol. The first-order valence-corrected chi connectivity index (χ1v) is 6.18. The molecule has 13 heavy (non-hydrogen) atoms. The molecule has 2 atom stereocenters. The van der Waals surface area contributed by atoms with Gasteiger partial charge in [-0.1, -0.05) is 20.8 Å². The lowest BCUT2D eigenvalue weighted by molar-refractivity contribution is 0.241. The van der Waals surface area contributed by atoms with Crippen LogP contribution >= 0.6 is 0 Å². The summed E-state index contributed by atoms with van der Waals surface area (Å²) in [5.41, 5.74) is 0. The van der Waals surface area contributed by atoms with Gasteiger partial charge >= 0.3 is 0 Å². The maximum atomic E-state index is 11.0. The molecule has 0 radical (unpaired) electrons. The van der Waals surface area contributed by atoms with Gasteiger partial charge in [-0.15, -0.1) is 0 Å². The first-order chi connectivity index (χ1) is 6.17. The van der Waals surface area contributed by atoms with Crippen LogP contribution in [0.5, 0.6) is 0 Å². The highest BCUT2D eigenvalue weighted by Crippen LogP contribution is 2.08. The minimum Gasteiger partial charge on any atom is -0.305 e. The van der Waals surface area contributed by atoms with Crippen LogP contribution in [0, 0.1) is 0 Å². The molecule has 3 nitrogen and oxygen atoms in total. The predicted octanol–water partition coefficient (Wildman–Crippen LogP) is 2.07. The molecule has 0 aliphatic carbocycles. The molecule has 0 bridgehead atoms. The summed E-state index contributed by atoms with van der Waals surface area (Å²) < 4.78 is 20.1. The molecule has 0 saturated carbocycles. The molecule has 80 valence electrons. The summed E-state index contributed by atoms with van der Waals surface area (Å²) in [5.74, 6) is 0. The Morgan fingerprint density at radius 2 is 1.69 bits per heavy atom. The largest absolute Gasteiger partial charge is 0.305 e. The summed E-state index contributed by atoms with van der Waals surface area (Å²) in [6.07, 6.45) is 2.81. The van der Waals surface area contributed by atoms with Gasteiger partial charge < -0.3 is 4.55 Å². The quantitative estimate of drug-likeness (QED) is 0.650. The summed E-state index contributed by atoms with van der Waals surface area (Å²) >= 11 is -1.71. The van der Waals surface area contributed by atoms with Crippen LogP contribution < -0.4 is 0 Å². The van der Waals surface area contributed by atoms with Gasteiger partial charge in [0.1, 0.15) is 5.37 Å². The van der Waals surface area contributed by atoms with Crippen LogP contribution in [0.15, 0.2) is 0 Å². The fourth-order valence-electron chi connectivity index (χ4n) is 1.50. The number of hydrogen-bond donors (Lipinski definition) is 1. The van der Waals surface area contributed by atoms with E-state index in [4.69, 9.17) is 4.55 Å². The first kappa shape index (κ1) is 13.1. The topological polar surface area (TPSA) is 40.5 Å². The monoisotopic (exact) mass is 207 g/mol. The highest BCUT2D eigenvalue weighted by Gasteiger charge is 2.19. The zero-order valence-corrected chi connectivity index (χ0v) is 9.64. The Morgan fingerprint density at radius 1 is 1.23 bits per heavy atom. The third-order valence-electron chi connectivity index (χ3n) is 2.01. The van der Waals surface area contributed by atoms with E-state index in [1.807, 2.05) is 6.92 Å². The molecule has 4 heteroatoms. The average Bonchev–Trinajstić information content (AvgIpc) is 2.05. The van der Waals surface area contributed by atoms with E-state index in [-0.39, 0.29) is 5.37 Å². The van der Waals surface area contributed by atoms with Gasteiger partial charge in [0.25, 0.3) is 0 Å². The Hall–Kier alpha value is 0.0700. The fourth-order valence-corrected chi connectivity index (χ4v) is 2.25.